The first-order valence-electron chi connectivity index (χ1n) is 3.78. The Kier molecular flexibility index (Phi) is 1.46. The topological polar surface area (TPSA) is 46.5 Å². The molecule has 0 radical (unpaired) electrons. The van der Waals surface area contributed by atoms with Crippen LogP contribution < -0.4 is 0 Å². The van der Waals surface area contributed by atoms with E-state index in [2.05, 4.69) is 15.1 Å². The van der Waals surface area contributed by atoms with Crippen molar-refractivity contribution in [3.05, 3.63) is 24.2 Å². The van der Waals surface area contributed by atoms with Crippen molar-refractivity contribution in [3.8, 4) is 11.5 Å². The van der Waals surface area contributed by atoms with Crippen molar-refractivity contribution in [1.29, 1.82) is 0 Å². The predicted molar refractivity (Wildman–Crippen MR) is 45.5 cm³/mol. The Balaban J connectivity index is 2.48. The van der Waals surface area contributed by atoms with Gasteiger partial charge >= 0.3 is 0 Å². The molecule has 62 valence electrons. The second-order valence-corrected chi connectivity index (χ2v) is 2.73. The zero-order valence-corrected chi connectivity index (χ0v) is 7.07. The fraction of sp³-hybridized carbons (Fsp3) is 0.250. The quantitative estimate of drug-likeness (QED) is 0.683. The zero-order valence-electron chi connectivity index (χ0n) is 7.07. The van der Waals surface area contributed by atoms with Gasteiger partial charge in [-0.05, 0) is 13.0 Å². The lowest BCUT2D eigenvalue weighted by molar-refractivity contribution is 0.741. The average molecular weight is 162 g/mol. The molecule has 0 atom stereocenters. The molecule has 2 aromatic heterocycles. The van der Waals surface area contributed by atoms with Crippen molar-refractivity contribution in [1.82, 2.24) is 19.7 Å². The van der Waals surface area contributed by atoms with Gasteiger partial charge in [0.1, 0.15) is 5.69 Å². The summed E-state index contributed by atoms with van der Waals surface area (Å²) in [4.78, 5) is 7.12. The smallest absolute Gasteiger partial charge is 0.157 e. The number of H-pyrrole nitrogens is 1. The van der Waals surface area contributed by atoms with Gasteiger partial charge < -0.3 is 4.98 Å². The largest absolute Gasteiger partial charge is 0.343 e. The van der Waals surface area contributed by atoms with Gasteiger partial charge in [0.2, 0.25) is 0 Å². The summed E-state index contributed by atoms with van der Waals surface area (Å²) in [6.07, 6.45) is 3.51. The highest BCUT2D eigenvalue weighted by Crippen LogP contribution is 2.12. The Morgan fingerprint density at radius 1 is 1.50 bits per heavy atom. The highest BCUT2D eigenvalue weighted by atomic mass is 15.3. The van der Waals surface area contributed by atoms with Gasteiger partial charge in [0.25, 0.3) is 0 Å². The van der Waals surface area contributed by atoms with Gasteiger partial charge in [0, 0.05) is 25.1 Å². The molecule has 2 rings (SSSR count). The van der Waals surface area contributed by atoms with Gasteiger partial charge in [0.05, 0.1) is 0 Å². The number of aryl methyl sites for hydroxylation is 2. The summed E-state index contributed by atoms with van der Waals surface area (Å²) in [5.74, 6) is 0.818. The Bertz CT molecular complexity index is 352. The molecule has 12 heavy (non-hydrogen) atoms. The summed E-state index contributed by atoms with van der Waals surface area (Å²) in [5.41, 5.74) is 2.02. The first-order chi connectivity index (χ1) is 5.77. The molecule has 0 saturated heterocycles. The Morgan fingerprint density at radius 2 is 2.33 bits per heavy atom. The molecule has 0 unspecified atom stereocenters. The number of imidazole rings is 1. The molecule has 1 N–H and O–H groups in total. The van der Waals surface area contributed by atoms with Crippen molar-refractivity contribution in [2.45, 2.75) is 6.92 Å². The fourth-order valence-electron chi connectivity index (χ4n) is 1.08. The molecule has 0 aliphatic carbocycles. The van der Waals surface area contributed by atoms with E-state index in [1.807, 2.05) is 24.7 Å². The number of nitrogens with one attached hydrogen (secondary N) is 1. The van der Waals surface area contributed by atoms with Crippen molar-refractivity contribution in [2.24, 2.45) is 7.05 Å². The number of aromatic nitrogens is 4. The minimum Gasteiger partial charge on any atom is -0.343 e. The number of aromatic amines is 1. The number of rotatable bonds is 1. The van der Waals surface area contributed by atoms with Gasteiger partial charge in [-0.3, -0.25) is 4.68 Å². The molecule has 0 fully saturated rings. The number of hydrogen-bond acceptors (Lipinski definition) is 2. The van der Waals surface area contributed by atoms with Crippen LogP contribution >= 0.6 is 0 Å². The molecule has 0 aliphatic heterocycles. The maximum atomic E-state index is 4.28. The third-order valence-corrected chi connectivity index (χ3v) is 1.85. The molecule has 0 aliphatic rings. The van der Waals surface area contributed by atoms with E-state index in [4.69, 9.17) is 0 Å². The predicted octanol–water partition coefficient (Wildman–Crippen LogP) is 1.12. The molecular formula is C8H10N4. The molecule has 2 aromatic rings. The normalized spacial score (nSPS) is 10.5. The SMILES string of the molecule is Cc1cc(-c2ncc[nH]2)nn1C. The van der Waals surface area contributed by atoms with Crippen molar-refractivity contribution in [2.75, 3.05) is 0 Å². The van der Waals surface area contributed by atoms with E-state index in [1.165, 1.54) is 0 Å². The van der Waals surface area contributed by atoms with Crippen LogP contribution in [0.3, 0.4) is 0 Å². The maximum absolute atomic E-state index is 4.28. The molecular weight excluding hydrogens is 152 g/mol. The third kappa shape index (κ3) is 1.01. The van der Waals surface area contributed by atoms with Gasteiger partial charge in [-0.1, -0.05) is 0 Å². The van der Waals surface area contributed by atoms with Crippen molar-refractivity contribution >= 4 is 0 Å². The summed E-state index contributed by atoms with van der Waals surface area (Å²) in [7, 11) is 1.92. The van der Waals surface area contributed by atoms with Crippen molar-refractivity contribution in [3.63, 3.8) is 0 Å². The van der Waals surface area contributed by atoms with Crippen LogP contribution in [0.1, 0.15) is 5.69 Å². The lowest BCUT2D eigenvalue weighted by Crippen LogP contribution is -1.92. The first kappa shape index (κ1) is 7.09. The molecule has 0 bridgehead atoms. The Labute approximate surface area is 70.3 Å². The highest BCUT2D eigenvalue weighted by Gasteiger charge is 2.04. The van der Waals surface area contributed by atoms with Gasteiger partial charge in [-0.25, -0.2) is 4.98 Å². The van der Waals surface area contributed by atoms with Crippen LogP contribution in [-0.2, 0) is 7.05 Å². The summed E-state index contributed by atoms with van der Waals surface area (Å²) in [5, 5.41) is 4.28. The lowest BCUT2D eigenvalue weighted by Gasteiger charge is -1.89. The van der Waals surface area contributed by atoms with Crippen LogP contribution in [0.15, 0.2) is 18.5 Å². The zero-order chi connectivity index (χ0) is 8.55. The maximum Gasteiger partial charge on any atom is 0.157 e. The summed E-state index contributed by atoms with van der Waals surface area (Å²) in [6.45, 7) is 2.01. The standard InChI is InChI=1S/C8H10N4/c1-6-5-7(11-12(6)2)8-9-3-4-10-8/h3-5H,1-2H3,(H,9,10). The van der Waals surface area contributed by atoms with E-state index in [-0.39, 0.29) is 0 Å². The summed E-state index contributed by atoms with van der Waals surface area (Å²) in [6, 6.07) is 2.00. The van der Waals surface area contributed by atoms with E-state index in [1.54, 1.807) is 12.4 Å². The van der Waals surface area contributed by atoms with Crippen LogP contribution in [0.4, 0.5) is 0 Å². The van der Waals surface area contributed by atoms with E-state index < -0.39 is 0 Å². The third-order valence-electron chi connectivity index (χ3n) is 1.85. The summed E-state index contributed by atoms with van der Waals surface area (Å²) < 4.78 is 1.83. The first-order valence-corrected chi connectivity index (χ1v) is 3.78. The summed E-state index contributed by atoms with van der Waals surface area (Å²) >= 11 is 0. The van der Waals surface area contributed by atoms with Gasteiger partial charge in [-0.2, -0.15) is 5.10 Å². The van der Waals surface area contributed by atoms with E-state index in [0.29, 0.717) is 0 Å². The van der Waals surface area contributed by atoms with Gasteiger partial charge in [-0.15, -0.1) is 0 Å². The molecule has 0 aromatic carbocycles. The molecule has 0 amide bonds. The fourth-order valence-corrected chi connectivity index (χ4v) is 1.08. The van der Waals surface area contributed by atoms with Crippen LogP contribution in [0.2, 0.25) is 0 Å². The van der Waals surface area contributed by atoms with Gasteiger partial charge in [0.15, 0.2) is 5.82 Å². The average Bonchev–Trinajstić information content (AvgIpc) is 2.61. The van der Waals surface area contributed by atoms with Crippen LogP contribution in [-0.4, -0.2) is 19.7 Å². The second-order valence-electron chi connectivity index (χ2n) is 2.73. The monoisotopic (exact) mass is 162 g/mol. The van der Waals surface area contributed by atoms with Crippen LogP contribution in [0.5, 0.6) is 0 Å². The Morgan fingerprint density at radius 3 is 2.83 bits per heavy atom. The minimum atomic E-state index is 0.818. The van der Waals surface area contributed by atoms with Crippen molar-refractivity contribution < 1.29 is 0 Å². The lowest BCUT2D eigenvalue weighted by atomic mass is 10.3. The minimum absolute atomic E-state index is 0.818. The molecule has 4 heteroatoms. The number of hydrogen-bond donors (Lipinski definition) is 1. The van der Waals surface area contributed by atoms with Crippen LogP contribution in [0.25, 0.3) is 11.5 Å². The van der Waals surface area contributed by atoms with E-state index >= 15 is 0 Å². The molecule has 4 nitrogen and oxygen atoms in total. The van der Waals surface area contributed by atoms with E-state index in [0.717, 1.165) is 17.2 Å². The Hall–Kier alpha value is -1.58. The molecule has 0 spiro atoms. The molecule has 2 heterocycles. The molecule has 0 saturated carbocycles. The van der Waals surface area contributed by atoms with Crippen LogP contribution in [0, 0.1) is 6.92 Å². The van der Waals surface area contributed by atoms with E-state index in [9.17, 15) is 0 Å². The number of nitrogens with zero attached hydrogens (tertiary/aromatic N) is 3. The second kappa shape index (κ2) is 2.48. The highest BCUT2D eigenvalue weighted by molar-refractivity contribution is 5.48.